The number of halogens is 1. The number of anilines is 2. The van der Waals surface area contributed by atoms with Crippen LogP contribution in [0.25, 0.3) is 0 Å². The van der Waals surface area contributed by atoms with E-state index in [1.807, 2.05) is 45.9 Å². The second kappa shape index (κ2) is 12.1. The molecule has 1 atom stereocenters. The predicted molar refractivity (Wildman–Crippen MR) is 147 cm³/mol. The fourth-order valence-corrected chi connectivity index (χ4v) is 5.24. The van der Waals surface area contributed by atoms with Gasteiger partial charge in [-0.15, -0.1) is 0 Å². The predicted octanol–water partition coefficient (Wildman–Crippen LogP) is 4.80. The monoisotopic (exact) mass is 509 g/mol. The van der Waals surface area contributed by atoms with Crippen molar-refractivity contribution in [1.29, 1.82) is 0 Å². The Labute approximate surface area is 220 Å². The summed E-state index contributed by atoms with van der Waals surface area (Å²) in [5.41, 5.74) is 4.41. The number of β-amino-alcohol motifs (C(OH)–C–C–N with tert-alkyl or cyclic N) is 1. The van der Waals surface area contributed by atoms with Crippen LogP contribution in [0, 0.1) is 5.82 Å². The number of fused-ring (bicyclic) bond motifs is 1. The van der Waals surface area contributed by atoms with Crippen LogP contribution in [0.3, 0.4) is 0 Å². The highest BCUT2D eigenvalue weighted by molar-refractivity contribution is 6.07. The molecular formula is C30H40FN3O3. The minimum atomic E-state index is -0.640. The Balaban J connectivity index is 1.36. The molecule has 2 aromatic rings. The van der Waals surface area contributed by atoms with E-state index in [4.69, 9.17) is 4.74 Å². The van der Waals surface area contributed by atoms with Gasteiger partial charge in [0.15, 0.2) is 0 Å². The van der Waals surface area contributed by atoms with E-state index in [1.54, 1.807) is 11.0 Å². The standard InChI is InChI=1S/C30H40FN3O3/c1-5-22(4)26(30(36)34-13-12-23-18-24(31)10-11-27(23)34)19-25(35)20-32-14-16-33(17-15-32)28-8-6-7-9-29(28)37-21(2)3/h6-11,18,21,25,35H,5,12-17,19-20H2,1-4H3/b26-22-. The van der Waals surface area contributed by atoms with Crippen molar-refractivity contribution in [1.82, 2.24) is 4.90 Å². The lowest BCUT2D eigenvalue weighted by atomic mass is 9.99. The van der Waals surface area contributed by atoms with Crippen LogP contribution in [-0.4, -0.2) is 67.4 Å². The average Bonchev–Trinajstić information content (AvgIpc) is 3.30. The summed E-state index contributed by atoms with van der Waals surface area (Å²) in [6, 6.07) is 12.8. The van der Waals surface area contributed by atoms with Gasteiger partial charge in [0, 0.05) is 56.9 Å². The molecule has 2 heterocycles. The van der Waals surface area contributed by atoms with Gasteiger partial charge in [0.05, 0.1) is 17.9 Å². The number of nitrogens with zero attached hydrogens (tertiary/aromatic N) is 3. The molecule has 200 valence electrons. The molecule has 0 spiro atoms. The molecule has 1 amide bonds. The van der Waals surface area contributed by atoms with Gasteiger partial charge in [-0.25, -0.2) is 4.39 Å². The summed E-state index contributed by atoms with van der Waals surface area (Å²) in [5, 5.41) is 11.0. The summed E-state index contributed by atoms with van der Waals surface area (Å²) in [5.74, 6) is 0.552. The Morgan fingerprint density at radius 1 is 1.05 bits per heavy atom. The minimum absolute atomic E-state index is 0.0738. The molecule has 0 saturated carbocycles. The van der Waals surface area contributed by atoms with Gasteiger partial charge < -0.3 is 19.6 Å². The number of aliphatic hydroxyl groups excluding tert-OH is 1. The molecule has 2 aliphatic rings. The summed E-state index contributed by atoms with van der Waals surface area (Å²) < 4.78 is 19.7. The number of hydrogen-bond donors (Lipinski definition) is 1. The molecule has 6 nitrogen and oxygen atoms in total. The number of rotatable bonds is 9. The molecule has 0 aliphatic carbocycles. The molecule has 1 unspecified atom stereocenters. The van der Waals surface area contributed by atoms with E-state index >= 15 is 0 Å². The first-order valence-corrected chi connectivity index (χ1v) is 13.5. The Kier molecular flexibility index (Phi) is 8.87. The third-order valence-corrected chi connectivity index (χ3v) is 7.34. The summed E-state index contributed by atoms with van der Waals surface area (Å²) in [4.78, 5) is 19.9. The zero-order valence-electron chi connectivity index (χ0n) is 22.5. The second-order valence-electron chi connectivity index (χ2n) is 10.4. The highest BCUT2D eigenvalue weighted by Gasteiger charge is 2.30. The molecule has 7 heteroatoms. The smallest absolute Gasteiger partial charge is 0.254 e. The lowest BCUT2D eigenvalue weighted by Gasteiger charge is -2.37. The number of benzene rings is 2. The Morgan fingerprint density at radius 2 is 1.78 bits per heavy atom. The largest absolute Gasteiger partial charge is 0.489 e. The maximum atomic E-state index is 13.7. The van der Waals surface area contributed by atoms with Gasteiger partial charge in [0.2, 0.25) is 0 Å². The first kappa shape index (κ1) is 27.1. The highest BCUT2D eigenvalue weighted by atomic mass is 19.1. The molecular weight excluding hydrogens is 469 g/mol. The SMILES string of the molecule is CC/C(C)=C(/CC(O)CN1CCN(c2ccccc2OC(C)C)CC1)C(=O)N1CCc2cc(F)ccc21. The Hall–Kier alpha value is -2.90. The molecule has 1 N–H and O–H groups in total. The van der Waals surface area contributed by atoms with Crippen molar-refractivity contribution < 1.29 is 19.0 Å². The zero-order chi connectivity index (χ0) is 26.5. The maximum Gasteiger partial charge on any atom is 0.254 e. The van der Waals surface area contributed by atoms with Gasteiger partial charge >= 0.3 is 0 Å². The average molecular weight is 510 g/mol. The molecule has 2 aromatic carbocycles. The first-order valence-electron chi connectivity index (χ1n) is 13.5. The molecule has 1 fully saturated rings. The maximum absolute atomic E-state index is 13.7. The van der Waals surface area contributed by atoms with Gasteiger partial charge in [0.25, 0.3) is 5.91 Å². The van der Waals surface area contributed by atoms with Crippen LogP contribution in [0.15, 0.2) is 53.6 Å². The highest BCUT2D eigenvalue weighted by Crippen LogP contribution is 2.32. The number of amides is 1. The van der Waals surface area contributed by atoms with Crippen molar-refractivity contribution in [3.05, 3.63) is 65.0 Å². The summed E-state index contributed by atoms with van der Waals surface area (Å²) in [7, 11) is 0. The molecule has 0 radical (unpaired) electrons. The summed E-state index contributed by atoms with van der Waals surface area (Å²) in [6.45, 7) is 12.5. The van der Waals surface area contributed by atoms with Crippen LogP contribution >= 0.6 is 0 Å². The molecule has 37 heavy (non-hydrogen) atoms. The Morgan fingerprint density at radius 3 is 2.49 bits per heavy atom. The van der Waals surface area contributed by atoms with Gasteiger partial charge in [-0.05, 0) is 69.5 Å². The van der Waals surface area contributed by atoms with Gasteiger partial charge in [-0.2, -0.15) is 0 Å². The van der Waals surface area contributed by atoms with E-state index in [9.17, 15) is 14.3 Å². The fourth-order valence-electron chi connectivity index (χ4n) is 5.24. The van der Waals surface area contributed by atoms with Crippen molar-refractivity contribution >= 4 is 17.3 Å². The number of carbonyl (C=O) groups excluding carboxylic acids is 1. The normalized spacial score (nSPS) is 17.6. The summed E-state index contributed by atoms with van der Waals surface area (Å²) in [6.07, 6.45) is 1.18. The van der Waals surface area contributed by atoms with Crippen molar-refractivity contribution in [2.24, 2.45) is 0 Å². The number of carbonyl (C=O) groups is 1. The van der Waals surface area contributed by atoms with Gasteiger partial charge in [0.1, 0.15) is 11.6 Å². The number of aliphatic hydroxyl groups is 1. The van der Waals surface area contributed by atoms with E-state index in [0.29, 0.717) is 31.5 Å². The third kappa shape index (κ3) is 6.51. The molecule has 4 rings (SSSR count). The summed E-state index contributed by atoms with van der Waals surface area (Å²) >= 11 is 0. The first-order chi connectivity index (χ1) is 17.8. The topological polar surface area (TPSA) is 56.2 Å². The van der Waals surface area contributed by atoms with Crippen molar-refractivity contribution in [2.75, 3.05) is 49.1 Å². The molecule has 0 aromatic heterocycles. The van der Waals surface area contributed by atoms with Crippen molar-refractivity contribution in [3.63, 3.8) is 0 Å². The fraction of sp³-hybridized carbons (Fsp3) is 0.500. The number of para-hydroxylation sites is 2. The van der Waals surface area contributed by atoms with Crippen LogP contribution in [0.4, 0.5) is 15.8 Å². The van der Waals surface area contributed by atoms with E-state index in [0.717, 1.165) is 60.9 Å². The van der Waals surface area contributed by atoms with E-state index in [-0.39, 0.29) is 17.8 Å². The van der Waals surface area contributed by atoms with Gasteiger partial charge in [-0.3, -0.25) is 9.69 Å². The quantitative estimate of drug-likeness (QED) is 0.492. The van der Waals surface area contributed by atoms with Crippen molar-refractivity contribution in [3.8, 4) is 5.75 Å². The third-order valence-electron chi connectivity index (χ3n) is 7.34. The lowest BCUT2D eigenvalue weighted by Crippen LogP contribution is -2.49. The van der Waals surface area contributed by atoms with Crippen LogP contribution in [0.1, 0.15) is 46.1 Å². The number of hydrogen-bond acceptors (Lipinski definition) is 5. The number of allylic oxidation sites excluding steroid dienone is 1. The van der Waals surface area contributed by atoms with E-state index in [1.165, 1.54) is 12.1 Å². The van der Waals surface area contributed by atoms with Crippen LogP contribution in [-0.2, 0) is 11.2 Å². The van der Waals surface area contributed by atoms with E-state index < -0.39 is 6.10 Å². The van der Waals surface area contributed by atoms with Crippen LogP contribution in [0.5, 0.6) is 5.75 Å². The van der Waals surface area contributed by atoms with Crippen LogP contribution in [0.2, 0.25) is 0 Å². The van der Waals surface area contributed by atoms with Gasteiger partial charge in [-0.1, -0.05) is 24.6 Å². The second-order valence-corrected chi connectivity index (χ2v) is 10.4. The minimum Gasteiger partial charge on any atom is -0.489 e. The molecule has 2 aliphatic heterocycles. The lowest BCUT2D eigenvalue weighted by molar-refractivity contribution is -0.115. The van der Waals surface area contributed by atoms with Crippen molar-refractivity contribution in [2.45, 2.75) is 59.2 Å². The number of ether oxygens (including phenoxy) is 1. The van der Waals surface area contributed by atoms with E-state index in [2.05, 4.69) is 15.9 Å². The zero-order valence-corrected chi connectivity index (χ0v) is 22.5. The van der Waals surface area contributed by atoms with Crippen LogP contribution < -0.4 is 14.5 Å². The number of piperazine rings is 1. The Bertz CT molecular complexity index is 1120. The molecule has 0 bridgehead atoms. The molecule has 1 saturated heterocycles.